The fraction of sp³-hybridized carbons (Fsp3) is 0.294. The molecule has 0 unspecified atom stereocenters. The van der Waals surface area contributed by atoms with Gasteiger partial charge < -0.3 is 5.73 Å². The first-order valence-electron chi connectivity index (χ1n) is 6.59. The molecule has 0 amide bonds. The zero-order valence-corrected chi connectivity index (χ0v) is 11.2. The van der Waals surface area contributed by atoms with Gasteiger partial charge in [0.05, 0.1) is 0 Å². The predicted molar refractivity (Wildman–Crippen MR) is 77.9 cm³/mol. The predicted octanol–water partition coefficient (Wildman–Crippen LogP) is 3.51. The van der Waals surface area contributed by atoms with Gasteiger partial charge in [-0.25, -0.2) is 0 Å². The topological polar surface area (TPSA) is 26.0 Å². The Bertz CT molecular complexity index is 469. The second-order valence-electron chi connectivity index (χ2n) is 4.62. The maximum atomic E-state index is 4.50. The molecular weight excluding hydrogens is 218 g/mol. The summed E-state index contributed by atoms with van der Waals surface area (Å²) in [7, 11) is 1.50. The second-order valence-corrected chi connectivity index (χ2v) is 4.62. The van der Waals surface area contributed by atoms with Crippen molar-refractivity contribution in [2.75, 3.05) is 7.05 Å². The van der Waals surface area contributed by atoms with Crippen LogP contribution in [-0.4, -0.2) is 7.05 Å². The van der Waals surface area contributed by atoms with E-state index in [9.17, 15) is 0 Å². The van der Waals surface area contributed by atoms with Gasteiger partial charge in [-0.1, -0.05) is 55.5 Å². The fourth-order valence-electron chi connectivity index (χ4n) is 2.81. The Morgan fingerprint density at radius 3 is 1.61 bits per heavy atom. The summed E-state index contributed by atoms with van der Waals surface area (Å²) >= 11 is 0. The van der Waals surface area contributed by atoms with E-state index in [1.165, 1.54) is 42.1 Å². The van der Waals surface area contributed by atoms with E-state index in [0.717, 1.165) is 0 Å². The highest BCUT2D eigenvalue weighted by atomic mass is 14.4. The van der Waals surface area contributed by atoms with Crippen LogP contribution >= 0.6 is 0 Å². The summed E-state index contributed by atoms with van der Waals surface area (Å²) in [5.41, 5.74) is 10.6. The third-order valence-corrected chi connectivity index (χ3v) is 3.71. The average Bonchev–Trinajstić information content (AvgIpc) is 2.60. The van der Waals surface area contributed by atoms with Crippen LogP contribution in [0.4, 0.5) is 0 Å². The van der Waals surface area contributed by atoms with Gasteiger partial charge in [0.2, 0.25) is 0 Å². The van der Waals surface area contributed by atoms with Gasteiger partial charge in [-0.2, -0.15) is 0 Å². The molecule has 3 rings (SSSR count). The Morgan fingerprint density at radius 2 is 1.17 bits per heavy atom. The highest BCUT2D eigenvalue weighted by molar-refractivity contribution is 5.44. The summed E-state index contributed by atoms with van der Waals surface area (Å²) in [5, 5.41) is 0. The Labute approximate surface area is 110 Å². The lowest BCUT2D eigenvalue weighted by molar-refractivity contribution is 0.913. The molecule has 1 nitrogen and oxygen atoms in total. The lowest BCUT2D eigenvalue weighted by Crippen LogP contribution is -1.98. The van der Waals surface area contributed by atoms with Crippen molar-refractivity contribution in [3.05, 3.63) is 70.8 Å². The summed E-state index contributed by atoms with van der Waals surface area (Å²) in [6.45, 7) is 2.32. The molecule has 94 valence electrons. The van der Waals surface area contributed by atoms with Crippen molar-refractivity contribution in [3.8, 4) is 0 Å². The highest BCUT2D eigenvalue weighted by Crippen LogP contribution is 2.33. The van der Waals surface area contributed by atoms with Crippen molar-refractivity contribution in [1.82, 2.24) is 0 Å². The maximum absolute atomic E-state index is 4.50. The molecule has 2 aromatic rings. The molecule has 0 aliphatic heterocycles. The number of benzene rings is 2. The minimum Gasteiger partial charge on any atom is -0.333 e. The standard InChI is InChI=1S/C16H16.CH5N/c1-12-15-8-4-2-6-13(15)10-11-14-7-3-5-9-16(12)14;1-2/h2-9,12H,10-11H2,1H3;2H2,1H3. The van der Waals surface area contributed by atoms with Crippen LogP contribution in [-0.2, 0) is 12.8 Å². The van der Waals surface area contributed by atoms with E-state index in [1.54, 1.807) is 0 Å². The number of aryl methyl sites for hydroxylation is 2. The second kappa shape index (κ2) is 5.83. The smallest absolute Gasteiger partial charge is 0.00664 e. The molecule has 0 heterocycles. The Kier molecular flexibility index (Phi) is 4.16. The molecule has 0 atom stereocenters. The SMILES string of the molecule is CC1c2ccccc2CCc2ccccc21.CN. The van der Waals surface area contributed by atoms with E-state index in [1.807, 2.05) is 0 Å². The molecule has 1 aliphatic carbocycles. The molecule has 18 heavy (non-hydrogen) atoms. The molecule has 0 fully saturated rings. The molecule has 1 aliphatic rings. The van der Waals surface area contributed by atoms with Gasteiger partial charge >= 0.3 is 0 Å². The molecule has 0 spiro atoms. The molecule has 0 saturated heterocycles. The van der Waals surface area contributed by atoms with E-state index in [4.69, 9.17) is 0 Å². The Balaban J connectivity index is 0.000000574. The van der Waals surface area contributed by atoms with E-state index >= 15 is 0 Å². The fourth-order valence-corrected chi connectivity index (χ4v) is 2.81. The Hall–Kier alpha value is -1.60. The van der Waals surface area contributed by atoms with Crippen LogP contribution in [0, 0.1) is 0 Å². The van der Waals surface area contributed by atoms with Crippen molar-refractivity contribution < 1.29 is 0 Å². The van der Waals surface area contributed by atoms with Crippen molar-refractivity contribution in [3.63, 3.8) is 0 Å². The minimum absolute atomic E-state index is 0.537. The molecule has 0 radical (unpaired) electrons. The van der Waals surface area contributed by atoms with Gasteiger partial charge in [0.25, 0.3) is 0 Å². The van der Waals surface area contributed by atoms with Gasteiger partial charge in [0, 0.05) is 5.92 Å². The first-order valence-corrected chi connectivity index (χ1v) is 6.59. The van der Waals surface area contributed by atoms with E-state index in [-0.39, 0.29) is 0 Å². The first-order chi connectivity index (χ1) is 8.86. The zero-order valence-electron chi connectivity index (χ0n) is 11.2. The third kappa shape index (κ3) is 2.32. The highest BCUT2D eigenvalue weighted by Gasteiger charge is 2.18. The summed E-state index contributed by atoms with van der Waals surface area (Å²) in [6, 6.07) is 17.7. The van der Waals surface area contributed by atoms with Crippen LogP contribution in [0.2, 0.25) is 0 Å². The summed E-state index contributed by atoms with van der Waals surface area (Å²) < 4.78 is 0. The van der Waals surface area contributed by atoms with Crippen molar-refractivity contribution >= 4 is 0 Å². The Morgan fingerprint density at radius 1 is 0.778 bits per heavy atom. The van der Waals surface area contributed by atoms with Crippen LogP contribution in [0.1, 0.15) is 35.1 Å². The van der Waals surface area contributed by atoms with Crippen molar-refractivity contribution in [1.29, 1.82) is 0 Å². The lowest BCUT2D eigenvalue weighted by Gasteiger charge is -2.14. The molecule has 1 heteroatoms. The van der Waals surface area contributed by atoms with Crippen molar-refractivity contribution in [2.24, 2.45) is 5.73 Å². The first kappa shape index (κ1) is 12.8. The number of rotatable bonds is 0. The van der Waals surface area contributed by atoms with E-state index in [0.29, 0.717) is 5.92 Å². The largest absolute Gasteiger partial charge is 0.333 e. The normalized spacial score (nSPS) is 13.7. The van der Waals surface area contributed by atoms with Crippen LogP contribution < -0.4 is 5.73 Å². The van der Waals surface area contributed by atoms with Crippen LogP contribution in [0.25, 0.3) is 0 Å². The van der Waals surface area contributed by atoms with E-state index < -0.39 is 0 Å². The van der Waals surface area contributed by atoms with Gasteiger partial charge in [0.15, 0.2) is 0 Å². The number of hydrogen-bond donors (Lipinski definition) is 1. The van der Waals surface area contributed by atoms with Gasteiger partial charge in [-0.3, -0.25) is 0 Å². The molecular formula is C17H21N. The minimum atomic E-state index is 0.537. The quantitative estimate of drug-likeness (QED) is 0.748. The maximum Gasteiger partial charge on any atom is 0.00664 e. The molecule has 2 aromatic carbocycles. The van der Waals surface area contributed by atoms with Crippen LogP contribution in [0.15, 0.2) is 48.5 Å². The summed E-state index contributed by atoms with van der Waals surface area (Å²) in [4.78, 5) is 0. The van der Waals surface area contributed by atoms with Gasteiger partial charge in [0.1, 0.15) is 0 Å². The number of fused-ring (bicyclic) bond motifs is 2. The average molecular weight is 239 g/mol. The van der Waals surface area contributed by atoms with Crippen LogP contribution in [0.5, 0.6) is 0 Å². The number of hydrogen-bond acceptors (Lipinski definition) is 1. The summed E-state index contributed by atoms with van der Waals surface area (Å²) in [5.74, 6) is 0.537. The lowest BCUT2D eigenvalue weighted by atomic mass is 9.90. The monoisotopic (exact) mass is 239 g/mol. The van der Waals surface area contributed by atoms with Crippen LogP contribution in [0.3, 0.4) is 0 Å². The molecule has 0 bridgehead atoms. The zero-order chi connectivity index (χ0) is 13.0. The van der Waals surface area contributed by atoms with Crippen molar-refractivity contribution in [2.45, 2.75) is 25.7 Å². The third-order valence-electron chi connectivity index (χ3n) is 3.71. The molecule has 0 aromatic heterocycles. The van der Waals surface area contributed by atoms with E-state index in [2.05, 4.69) is 61.2 Å². The van der Waals surface area contributed by atoms with Gasteiger partial charge in [-0.05, 0) is 42.1 Å². The van der Waals surface area contributed by atoms with Gasteiger partial charge in [-0.15, -0.1) is 0 Å². The number of nitrogens with two attached hydrogens (primary N) is 1. The summed E-state index contributed by atoms with van der Waals surface area (Å²) in [6.07, 6.45) is 2.36. The molecule has 2 N–H and O–H groups in total. The molecule has 0 saturated carbocycles.